The second kappa shape index (κ2) is 6.30. The summed E-state index contributed by atoms with van der Waals surface area (Å²) in [6, 6.07) is 7.74. The van der Waals surface area contributed by atoms with Crippen LogP contribution in [-0.2, 0) is 6.54 Å². The standard InChI is InChI=1S/C15H23FN2/c1-3-13(2)18-10-8-17(9-11-18)12-14-4-6-15(16)7-5-14/h4-7,13H,3,8-12H2,1-2H3/p+2/t13-/m0/s1. The van der Waals surface area contributed by atoms with Crippen LogP contribution in [0, 0.1) is 5.82 Å². The molecule has 2 rings (SSSR count). The van der Waals surface area contributed by atoms with E-state index in [-0.39, 0.29) is 5.82 Å². The predicted octanol–water partition coefficient (Wildman–Crippen LogP) is -0.0924. The topological polar surface area (TPSA) is 8.88 Å². The molecule has 1 aromatic carbocycles. The van der Waals surface area contributed by atoms with E-state index in [0.29, 0.717) is 0 Å². The number of halogens is 1. The first-order chi connectivity index (χ1) is 8.69. The molecular formula is C15H25FN2+2. The van der Waals surface area contributed by atoms with Crippen molar-refractivity contribution in [2.75, 3.05) is 26.2 Å². The van der Waals surface area contributed by atoms with Crippen LogP contribution in [0.1, 0.15) is 25.8 Å². The Morgan fingerprint density at radius 2 is 1.72 bits per heavy atom. The van der Waals surface area contributed by atoms with Crippen molar-refractivity contribution in [3.63, 3.8) is 0 Å². The van der Waals surface area contributed by atoms with Crippen LogP contribution in [0.4, 0.5) is 4.39 Å². The van der Waals surface area contributed by atoms with Gasteiger partial charge in [-0.2, -0.15) is 0 Å². The van der Waals surface area contributed by atoms with Gasteiger partial charge in [-0.3, -0.25) is 0 Å². The molecule has 0 saturated carbocycles. The molecule has 2 nitrogen and oxygen atoms in total. The third-order valence-electron chi connectivity index (χ3n) is 4.28. The zero-order chi connectivity index (χ0) is 13.0. The fourth-order valence-electron chi connectivity index (χ4n) is 2.77. The number of nitrogens with one attached hydrogen (secondary N) is 2. The first-order valence-corrected chi connectivity index (χ1v) is 7.11. The maximum Gasteiger partial charge on any atom is 0.127 e. The van der Waals surface area contributed by atoms with Crippen molar-refractivity contribution < 1.29 is 14.2 Å². The van der Waals surface area contributed by atoms with Crippen LogP contribution in [-0.4, -0.2) is 32.2 Å². The van der Waals surface area contributed by atoms with Crippen LogP contribution < -0.4 is 9.80 Å². The van der Waals surface area contributed by atoms with Crippen molar-refractivity contribution >= 4 is 0 Å². The molecule has 1 saturated heterocycles. The van der Waals surface area contributed by atoms with E-state index >= 15 is 0 Å². The van der Waals surface area contributed by atoms with E-state index in [2.05, 4.69) is 13.8 Å². The molecule has 1 heterocycles. The molecule has 1 aliphatic heterocycles. The Hall–Kier alpha value is -0.930. The molecule has 0 aromatic heterocycles. The van der Waals surface area contributed by atoms with Gasteiger partial charge >= 0.3 is 0 Å². The lowest BCUT2D eigenvalue weighted by molar-refractivity contribution is -1.03. The maximum absolute atomic E-state index is 12.8. The Morgan fingerprint density at radius 3 is 2.28 bits per heavy atom. The molecule has 2 N–H and O–H groups in total. The summed E-state index contributed by atoms with van der Waals surface area (Å²) in [6.07, 6.45) is 1.27. The van der Waals surface area contributed by atoms with E-state index in [9.17, 15) is 4.39 Å². The van der Waals surface area contributed by atoms with E-state index in [1.54, 1.807) is 21.9 Å². The third kappa shape index (κ3) is 3.53. The first kappa shape index (κ1) is 13.5. The Kier molecular flexibility index (Phi) is 4.72. The van der Waals surface area contributed by atoms with Gasteiger partial charge in [-0.1, -0.05) is 19.1 Å². The lowest BCUT2D eigenvalue weighted by Crippen LogP contribution is -3.29. The largest absolute Gasteiger partial charge is 0.323 e. The van der Waals surface area contributed by atoms with Crippen LogP contribution in [0.15, 0.2) is 24.3 Å². The van der Waals surface area contributed by atoms with Gasteiger partial charge in [0.2, 0.25) is 0 Å². The third-order valence-corrected chi connectivity index (χ3v) is 4.28. The first-order valence-electron chi connectivity index (χ1n) is 7.11. The van der Waals surface area contributed by atoms with Crippen molar-refractivity contribution in [1.29, 1.82) is 0 Å². The molecule has 3 heteroatoms. The van der Waals surface area contributed by atoms with Crippen molar-refractivity contribution in [2.24, 2.45) is 0 Å². The normalized spacial score (nSPS) is 25.9. The van der Waals surface area contributed by atoms with E-state index in [0.717, 1.165) is 12.6 Å². The van der Waals surface area contributed by atoms with Gasteiger partial charge in [0.05, 0.1) is 6.04 Å². The highest BCUT2D eigenvalue weighted by atomic mass is 19.1. The molecular weight excluding hydrogens is 227 g/mol. The SMILES string of the molecule is CC[C@H](C)[NH+]1CC[NH+](Cc2ccc(F)cc2)CC1. The molecule has 0 aliphatic carbocycles. The van der Waals surface area contributed by atoms with Crippen LogP contribution in [0.25, 0.3) is 0 Å². The summed E-state index contributed by atoms with van der Waals surface area (Å²) in [5, 5.41) is 0. The minimum Gasteiger partial charge on any atom is -0.323 e. The van der Waals surface area contributed by atoms with Gasteiger partial charge in [-0.05, 0) is 25.5 Å². The lowest BCUT2D eigenvalue weighted by atomic mass is 10.1. The minimum absolute atomic E-state index is 0.139. The highest BCUT2D eigenvalue weighted by molar-refractivity contribution is 5.14. The van der Waals surface area contributed by atoms with E-state index < -0.39 is 0 Å². The molecule has 1 fully saturated rings. The molecule has 0 bridgehead atoms. The van der Waals surface area contributed by atoms with Crippen molar-refractivity contribution in [3.8, 4) is 0 Å². The maximum atomic E-state index is 12.8. The van der Waals surface area contributed by atoms with Crippen LogP contribution in [0.5, 0.6) is 0 Å². The van der Waals surface area contributed by atoms with Crippen molar-refractivity contribution in [2.45, 2.75) is 32.9 Å². The van der Waals surface area contributed by atoms with E-state index in [4.69, 9.17) is 0 Å². The van der Waals surface area contributed by atoms with E-state index in [1.165, 1.54) is 38.2 Å². The highest BCUT2D eigenvalue weighted by Gasteiger charge is 2.25. The van der Waals surface area contributed by atoms with Gasteiger partial charge in [-0.25, -0.2) is 4.39 Å². The summed E-state index contributed by atoms with van der Waals surface area (Å²) >= 11 is 0. The van der Waals surface area contributed by atoms with Crippen LogP contribution in [0.2, 0.25) is 0 Å². The molecule has 18 heavy (non-hydrogen) atoms. The molecule has 1 aromatic rings. The van der Waals surface area contributed by atoms with Gasteiger partial charge < -0.3 is 9.80 Å². The summed E-state index contributed by atoms with van der Waals surface area (Å²) < 4.78 is 12.8. The van der Waals surface area contributed by atoms with Gasteiger partial charge in [0.25, 0.3) is 0 Å². The molecule has 0 spiro atoms. The molecule has 1 atom stereocenters. The van der Waals surface area contributed by atoms with E-state index in [1.807, 2.05) is 12.1 Å². The zero-order valence-electron chi connectivity index (χ0n) is 11.5. The Balaban J connectivity index is 1.81. The summed E-state index contributed by atoms with van der Waals surface area (Å²) in [4.78, 5) is 3.38. The van der Waals surface area contributed by atoms with Crippen LogP contribution >= 0.6 is 0 Å². The average molecular weight is 252 g/mol. The number of benzene rings is 1. The quantitative estimate of drug-likeness (QED) is 0.741. The number of quaternary nitrogens is 2. The fourth-order valence-corrected chi connectivity index (χ4v) is 2.77. The second-order valence-electron chi connectivity index (χ2n) is 5.52. The molecule has 1 aliphatic rings. The van der Waals surface area contributed by atoms with Crippen LogP contribution in [0.3, 0.4) is 0 Å². The molecule has 0 radical (unpaired) electrons. The zero-order valence-corrected chi connectivity index (χ0v) is 11.5. The fraction of sp³-hybridized carbons (Fsp3) is 0.600. The summed E-state index contributed by atoms with van der Waals surface area (Å²) in [5.74, 6) is -0.139. The number of hydrogen-bond donors (Lipinski definition) is 2. The molecule has 0 amide bonds. The monoisotopic (exact) mass is 252 g/mol. The Morgan fingerprint density at radius 1 is 1.11 bits per heavy atom. The smallest absolute Gasteiger partial charge is 0.127 e. The Bertz CT molecular complexity index is 355. The second-order valence-corrected chi connectivity index (χ2v) is 5.52. The van der Waals surface area contributed by atoms with Gasteiger partial charge in [0.1, 0.15) is 38.5 Å². The van der Waals surface area contributed by atoms with Gasteiger partial charge in [0.15, 0.2) is 0 Å². The number of piperazine rings is 1. The summed E-state index contributed by atoms with van der Waals surface area (Å²) in [5.41, 5.74) is 1.25. The highest BCUT2D eigenvalue weighted by Crippen LogP contribution is 2.00. The summed E-state index contributed by atoms with van der Waals surface area (Å²) in [6.45, 7) is 10.7. The Labute approximate surface area is 109 Å². The molecule has 0 unspecified atom stereocenters. The number of rotatable bonds is 4. The van der Waals surface area contributed by atoms with Crippen molar-refractivity contribution in [1.82, 2.24) is 0 Å². The summed E-state index contributed by atoms with van der Waals surface area (Å²) in [7, 11) is 0. The minimum atomic E-state index is -0.139. The number of hydrogen-bond acceptors (Lipinski definition) is 0. The predicted molar refractivity (Wildman–Crippen MR) is 71.3 cm³/mol. The lowest BCUT2D eigenvalue weighted by Gasteiger charge is -2.33. The van der Waals surface area contributed by atoms with Gasteiger partial charge in [0, 0.05) is 5.56 Å². The molecule has 100 valence electrons. The van der Waals surface area contributed by atoms with Crippen molar-refractivity contribution in [3.05, 3.63) is 35.6 Å². The average Bonchev–Trinajstić information content (AvgIpc) is 2.41. The van der Waals surface area contributed by atoms with Gasteiger partial charge in [-0.15, -0.1) is 0 Å².